The van der Waals surface area contributed by atoms with E-state index in [4.69, 9.17) is 0 Å². The van der Waals surface area contributed by atoms with Crippen LogP contribution in [0.15, 0.2) is 0 Å². The van der Waals surface area contributed by atoms with Gasteiger partial charge in [0.25, 0.3) is 0 Å². The molecule has 1 N–H and O–H groups in total. The Kier molecular flexibility index (Phi) is 6.17. The summed E-state index contributed by atoms with van der Waals surface area (Å²) in [4.78, 5) is 26.3. The zero-order chi connectivity index (χ0) is 15.4. The maximum atomic E-state index is 12.4. The Labute approximate surface area is 123 Å². The summed E-state index contributed by atoms with van der Waals surface area (Å²) in [5.74, 6) is -0.0178. The predicted octanol–water partition coefficient (Wildman–Crippen LogP) is 0.905. The lowest BCUT2D eigenvalue weighted by molar-refractivity contribution is -0.151. The lowest BCUT2D eigenvalue weighted by Crippen LogP contribution is -2.64. The summed E-state index contributed by atoms with van der Waals surface area (Å²) in [7, 11) is -0.906. The van der Waals surface area contributed by atoms with E-state index in [1.54, 1.807) is 11.2 Å². The van der Waals surface area contributed by atoms with Crippen molar-refractivity contribution in [2.45, 2.75) is 57.9 Å². The molecule has 0 radical (unpaired) electrons. The Morgan fingerprint density at radius 1 is 1.30 bits per heavy atom. The van der Waals surface area contributed by atoms with Crippen molar-refractivity contribution in [3.8, 4) is 0 Å². The molecule has 6 heteroatoms. The van der Waals surface area contributed by atoms with Gasteiger partial charge in [0.05, 0.1) is 0 Å². The van der Waals surface area contributed by atoms with Gasteiger partial charge in [-0.3, -0.25) is 13.8 Å². The summed E-state index contributed by atoms with van der Waals surface area (Å²) < 4.78 is 11.4. The summed E-state index contributed by atoms with van der Waals surface area (Å²) in [5, 5.41) is 2.83. The molecule has 20 heavy (non-hydrogen) atoms. The van der Waals surface area contributed by atoms with Gasteiger partial charge in [-0.05, 0) is 18.8 Å². The van der Waals surface area contributed by atoms with Crippen LogP contribution in [0.25, 0.3) is 0 Å². The normalized spacial score (nSPS) is 26.6. The Morgan fingerprint density at radius 2 is 1.90 bits per heavy atom. The van der Waals surface area contributed by atoms with Crippen LogP contribution in [0.3, 0.4) is 0 Å². The molecule has 1 saturated heterocycles. The smallest absolute Gasteiger partial charge is 0.245 e. The van der Waals surface area contributed by atoms with Crippen molar-refractivity contribution in [1.82, 2.24) is 10.2 Å². The Bertz CT molecular complexity index is 398. The summed E-state index contributed by atoms with van der Waals surface area (Å²) in [6, 6.07) is -0.831. The van der Waals surface area contributed by atoms with Crippen LogP contribution in [0.2, 0.25) is 0 Å². The SMILES string of the molecule is CCC1NC(=O)C(C(C)C)N(CCC(C)S(C)=O)C1=O. The Balaban J connectivity index is 2.86. The molecular formula is C14H26N2O3S. The molecule has 0 bridgehead atoms. The highest BCUT2D eigenvalue weighted by Gasteiger charge is 2.40. The van der Waals surface area contributed by atoms with Gasteiger partial charge in [0.1, 0.15) is 12.1 Å². The van der Waals surface area contributed by atoms with Crippen LogP contribution in [0, 0.1) is 5.92 Å². The minimum atomic E-state index is -0.906. The van der Waals surface area contributed by atoms with Gasteiger partial charge < -0.3 is 10.2 Å². The average Bonchev–Trinajstić information content (AvgIpc) is 2.37. The maximum Gasteiger partial charge on any atom is 0.245 e. The minimum Gasteiger partial charge on any atom is -0.343 e. The number of rotatable bonds is 6. The maximum absolute atomic E-state index is 12.4. The van der Waals surface area contributed by atoms with Crippen LogP contribution >= 0.6 is 0 Å². The number of amides is 2. The second kappa shape index (κ2) is 7.20. The summed E-state index contributed by atoms with van der Waals surface area (Å²) >= 11 is 0. The molecule has 0 aromatic carbocycles. The third kappa shape index (κ3) is 3.81. The third-order valence-corrected chi connectivity index (χ3v) is 5.25. The van der Waals surface area contributed by atoms with Crippen molar-refractivity contribution >= 4 is 22.6 Å². The molecule has 116 valence electrons. The van der Waals surface area contributed by atoms with Gasteiger partial charge in [-0.25, -0.2) is 0 Å². The van der Waals surface area contributed by atoms with E-state index in [0.717, 1.165) is 0 Å². The first-order valence-electron chi connectivity index (χ1n) is 7.22. The fraction of sp³-hybridized carbons (Fsp3) is 0.857. The molecule has 1 aliphatic rings. The molecule has 0 aliphatic carbocycles. The van der Waals surface area contributed by atoms with Crippen LogP contribution in [-0.2, 0) is 20.4 Å². The number of carbonyl (C=O) groups excluding carboxylic acids is 2. The highest BCUT2D eigenvalue weighted by Crippen LogP contribution is 2.19. The van der Waals surface area contributed by atoms with Crippen molar-refractivity contribution in [3.05, 3.63) is 0 Å². The van der Waals surface area contributed by atoms with Crippen LogP contribution in [0.4, 0.5) is 0 Å². The lowest BCUT2D eigenvalue weighted by atomic mass is 9.96. The first kappa shape index (κ1) is 17.1. The molecule has 0 aromatic rings. The van der Waals surface area contributed by atoms with Gasteiger partial charge in [0.2, 0.25) is 11.8 Å². The molecule has 2 amide bonds. The monoisotopic (exact) mass is 302 g/mol. The minimum absolute atomic E-state index is 0.0140. The van der Waals surface area contributed by atoms with E-state index in [2.05, 4.69) is 5.32 Å². The van der Waals surface area contributed by atoms with E-state index in [0.29, 0.717) is 19.4 Å². The molecule has 1 fully saturated rings. The van der Waals surface area contributed by atoms with E-state index >= 15 is 0 Å². The first-order chi connectivity index (χ1) is 9.29. The van der Waals surface area contributed by atoms with E-state index in [9.17, 15) is 13.8 Å². The van der Waals surface area contributed by atoms with Gasteiger partial charge in [-0.15, -0.1) is 0 Å². The van der Waals surface area contributed by atoms with E-state index in [-0.39, 0.29) is 23.0 Å². The Morgan fingerprint density at radius 3 is 2.35 bits per heavy atom. The van der Waals surface area contributed by atoms with Crippen molar-refractivity contribution < 1.29 is 13.8 Å². The molecule has 5 nitrogen and oxygen atoms in total. The number of hydrogen-bond acceptors (Lipinski definition) is 3. The van der Waals surface area contributed by atoms with Crippen LogP contribution in [0.5, 0.6) is 0 Å². The van der Waals surface area contributed by atoms with Gasteiger partial charge in [-0.2, -0.15) is 0 Å². The zero-order valence-electron chi connectivity index (χ0n) is 13.0. The highest BCUT2D eigenvalue weighted by atomic mass is 32.2. The molecule has 1 rings (SSSR count). The average molecular weight is 302 g/mol. The second-order valence-electron chi connectivity index (χ2n) is 5.79. The fourth-order valence-corrected chi connectivity index (χ4v) is 2.91. The molecule has 0 spiro atoms. The van der Waals surface area contributed by atoms with Gasteiger partial charge in [0, 0.05) is 28.9 Å². The predicted molar refractivity (Wildman–Crippen MR) is 80.7 cm³/mol. The van der Waals surface area contributed by atoms with Gasteiger partial charge >= 0.3 is 0 Å². The molecule has 4 unspecified atom stereocenters. The molecule has 4 atom stereocenters. The van der Waals surface area contributed by atoms with E-state index in [1.165, 1.54) is 0 Å². The first-order valence-corrected chi connectivity index (χ1v) is 8.84. The van der Waals surface area contributed by atoms with Crippen molar-refractivity contribution in [3.63, 3.8) is 0 Å². The molecule has 1 heterocycles. The van der Waals surface area contributed by atoms with Crippen molar-refractivity contribution in [1.29, 1.82) is 0 Å². The molecule has 0 saturated carbocycles. The standard InChI is InChI=1S/C14H26N2O3S/c1-6-11-14(18)16(8-7-10(4)20(5)19)12(9(2)3)13(17)15-11/h9-12H,6-8H2,1-5H3,(H,15,17). The molecule has 0 aromatic heterocycles. The zero-order valence-corrected chi connectivity index (χ0v) is 13.8. The lowest BCUT2D eigenvalue weighted by Gasteiger charge is -2.41. The third-order valence-electron chi connectivity index (χ3n) is 3.88. The highest BCUT2D eigenvalue weighted by molar-refractivity contribution is 7.84. The van der Waals surface area contributed by atoms with Gasteiger partial charge in [0.15, 0.2) is 0 Å². The van der Waals surface area contributed by atoms with Crippen LogP contribution in [-0.4, -0.2) is 51.1 Å². The van der Waals surface area contributed by atoms with Gasteiger partial charge in [-0.1, -0.05) is 27.7 Å². The summed E-state index contributed by atoms with van der Waals surface area (Å²) in [6.45, 7) is 8.18. The van der Waals surface area contributed by atoms with Crippen LogP contribution < -0.4 is 5.32 Å². The topological polar surface area (TPSA) is 66.5 Å². The molecule has 1 aliphatic heterocycles. The summed E-state index contributed by atoms with van der Waals surface area (Å²) in [6.07, 6.45) is 2.92. The quantitative estimate of drug-likeness (QED) is 0.793. The van der Waals surface area contributed by atoms with Crippen LogP contribution in [0.1, 0.15) is 40.5 Å². The van der Waals surface area contributed by atoms with Crippen molar-refractivity contribution in [2.24, 2.45) is 5.92 Å². The fourth-order valence-electron chi connectivity index (χ4n) is 2.47. The molecular weight excluding hydrogens is 276 g/mol. The van der Waals surface area contributed by atoms with E-state index in [1.807, 2.05) is 27.7 Å². The number of nitrogens with zero attached hydrogens (tertiary/aromatic N) is 1. The van der Waals surface area contributed by atoms with E-state index < -0.39 is 22.9 Å². The number of carbonyl (C=O) groups is 2. The second-order valence-corrected chi connectivity index (χ2v) is 7.59. The largest absolute Gasteiger partial charge is 0.343 e. The Hall–Kier alpha value is -0.910. The van der Waals surface area contributed by atoms with Crippen molar-refractivity contribution in [2.75, 3.05) is 12.8 Å². The summed E-state index contributed by atoms with van der Waals surface area (Å²) in [5.41, 5.74) is 0. The number of hydrogen-bond donors (Lipinski definition) is 1. The number of nitrogens with one attached hydrogen (secondary N) is 1. The number of piperazine rings is 1.